The Morgan fingerprint density at radius 2 is 1.84 bits per heavy atom. The molecule has 0 radical (unpaired) electrons. The number of nitrogens with zero attached hydrogens (tertiary/aromatic N) is 2. The second-order valence-electron chi connectivity index (χ2n) is 6.47. The summed E-state index contributed by atoms with van der Waals surface area (Å²) < 4.78 is 0. The van der Waals surface area contributed by atoms with Gasteiger partial charge in [0.15, 0.2) is 5.78 Å². The van der Waals surface area contributed by atoms with Crippen LogP contribution >= 0.6 is 11.3 Å². The molecule has 3 rings (SSSR count). The van der Waals surface area contributed by atoms with Crippen molar-refractivity contribution in [3.8, 4) is 0 Å². The number of carbonyl (C=O) groups is 2. The number of rotatable bonds is 7. The van der Waals surface area contributed by atoms with Crippen LogP contribution in [0.1, 0.15) is 40.9 Å². The highest BCUT2D eigenvalue weighted by Crippen LogP contribution is 2.25. The molecule has 0 N–H and O–H groups in total. The number of ketones is 1. The molecule has 25 heavy (non-hydrogen) atoms. The first-order valence-electron chi connectivity index (χ1n) is 8.78. The van der Waals surface area contributed by atoms with Crippen molar-refractivity contribution in [2.45, 2.75) is 32.2 Å². The first kappa shape index (κ1) is 17.7. The van der Waals surface area contributed by atoms with Gasteiger partial charge in [-0.3, -0.25) is 9.59 Å². The van der Waals surface area contributed by atoms with Gasteiger partial charge in [-0.2, -0.15) is 0 Å². The summed E-state index contributed by atoms with van der Waals surface area (Å²) in [6.07, 6.45) is 3.00. The van der Waals surface area contributed by atoms with Gasteiger partial charge in [-0.1, -0.05) is 24.3 Å². The fourth-order valence-corrected chi connectivity index (χ4v) is 3.92. The number of hydrogen-bond donors (Lipinski definition) is 0. The van der Waals surface area contributed by atoms with E-state index in [2.05, 4.69) is 23.1 Å². The summed E-state index contributed by atoms with van der Waals surface area (Å²) in [4.78, 5) is 29.3. The average molecular weight is 356 g/mol. The molecule has 2 heterocycles. The molecule has 1 aromatic heterocycles. The van der Waals surface area contributed by atoms with Crippen LogP contribution in [-0.2, 0) is 11.3 Å². The molecule has 0 bridgehead atoms. The summed E-state index contributed by atoms with van der Waals surface area (Å²) in [6.45, 7) is 2.76. The number of amides is 1. The van der Waals surface area contributed by atoms with Crippen LogP contribution in [0.15, 0.2) is 41.8 Å². The van der Waals surface area contributed by atoms with Crippen molar-refractivity contribution in [1.82, 2.24) is 4.90 Å². The van der Waals surface area contributed by atoms with E-state index in [0.717, 1.165) is 18.0 Å². The number of para-hydroxylation sites is 1. The zero-order valence-corrected chi connectivity index (χ0v) is 15.4. The minimum Gasteiger partial charge on any atom is -0.371 e. The van der Waals surface area contributed by atoms with Crippen molar-refractivity contribution in [3.63, 3.8) is 0 Å². The Morgan fingerprint density at radius 1 is 1.08 bits per heavy atom. The number of thiophene rings is 1. The summed E-state index contributed by atoms with van der Waals surface area (Å²) in [6, 6.07) is 12.0. The lowest BCUT2D eigenvalue weighted by Crippen LogP contribution is -2.28. The highest BCUT2D eigenvalue weighted by atomic mass is 32.1. The molecule has 0 aliphatic carbocycles. The number of Topliss-reactive ketones (excluding diaryl/α,β-unsaturated/α-hetero) is 1. The first-order chi connectivity index (χ1) is 12.1. The van der Waals surface area contributed by atoms with Gasteiger partial charge < -0.3 is 9.80 Å². The molecule has 0 unspecified atom stereocenters. The highest BCUT2D eigenvalue weighted by Gasteiger charge is 2.18. The molecule has 1 fully saturated rings. The average Bonchev–Trinajstić information content (AvgIpc) is 3.33. The Morgan fingerprint density at radius 3 is 2.56 bits per heavy atom. The van der Waals surface area contributed by atoms with Crippen molar-refractivity contribution in [3.05, 3.63) is 52.2 Å². The second-order valence-corrected chi connectivity index (χ2v) is 7.42. The van der Waals surface area contributed by atoms with E-state index in [0.29, 0.717) is 6.54 Å². The third-order valence-corrected chi connectivity index (χ3v) is 5.54. The number of anilines is 1. The van der Waals surface area contributed by atoms with E-state index < -0.39 is 0 Å². The largest absolute Gasteiger partial charge is 0.371 e. The third-order valence-electron chi connectivity index (χ3n) is 4.63. The fraction of sp³-hybridized carbons (Fsp3) is 0.400. The van der Waals surface area contributed by atoms with Crippen LogP contribution in [0, 0.1) is 0 Å². The van der Waals surface area contributed by atoms with Crippen molar-refractivity contribution in [1.29, 1.82) is 0 Å². The van der Waals surface area contributed by atoms with Crippen molar-refractivity contribution in [2.24, 2.45) is 0 Å². The lowest BCUT2D eigenvalue weighted by molar-refractivity contribution is -0.130. The molecule has 132 valence electrons. The van der Waals surface area contributed by atoms with Crippen LogP contribution in [0.3, 0.4) is 0 Å². The van der Waals surface area contributed by atoms with Crippen molar-refractivity contribution < 1.29 is 9.59 Å². The van der Waals surface area contributed by atoms with Crippen LogP contribution in [0.4, 0.5) is 5.69 Å². The Hall–Kier alpha value is -2.14. The Kier molecular flexibility index (Phi) is 5.87. The van der Waals surface area contributed by atoms with Crippen LogP contribution in [-0.4, -0.2) is 36.7 Å². The van der Waals surface area contributed by atoms with E-state index >= 15 is 0 Å². The second kappa shape index (κ2) is 8.30. The minimum absolute atomic E-state index is 0.0149. The van der Waals surface area contributed by atoms with Gasteiger partial charge in [0.2, 0.25) is 5.91 Å². The quantitative estimate of drug-likeness (QED) is 0.705. The van der Waals surface area contributed by atoms with Gasteiger partial charge in [0.05, 0.1) is 4.88 Å². The lowest BCUT2D eigenvalue weighted by Gasteiger charge is -2.24. The molecule has 1 aliphatic rings. The molecule has 1 saturated heterocycles. The Labute approximate surface area is 153 Å². The Bertz CT molecular complexity index is 721. The minimum atomic E-state index is 0.0149. The third kappa shape index (κ3) is 4.48. The Balaban J connectivity index is 1.57. The maximum absolute atomic E-state index is 12.4. The topological polar surface area (TPSA) is 40.6 Å². The first-order valence-corrected chi connectivity index (χ1v) is 9.66. The van der Waals surface area contributed by atoms with E-state index in [1.165, 1.54) is 35.4 Å². The van der Waals surface area contributed by atoms with Crippen LogP contribution in [0.25, 0.3) is 0 Å². The number of carbonyl (C=O) groups excluding carboxylic acids is 2. The molecular formula is C20H24N2O2S. The smallest absolute Gasteiger partial charge is 0.223 e. The van der Waals surface area contributed by atoms with Gasteiger partial charge in [-0.05, 0) is 35.9 Å². The van der Waals surface area contributed by atoms with Gasteiger partial charge in [0, 0.05) is 45.2 Å². The van der Waals surface area contributed by atoms with E-state index in [1.54, 1.807) is 4.90 Å². The van der Waals surface area contributed by atoms with Gasteiger partial charge in [0.1, 0.15) is 0 Å². The molecule has 2 aromatic rings. The summed E-state index contributed by atoms with van der Waals surface area (Å²) in [7, 11) is 1.82. The predicted octanol–water partition coefficient (Wildman–Crippen LogP) is 3.97. The standard InChI is InChI=1S/C20H24N2O2S/c1-21(20(24)11-10-18(23)19-9-6-14-25-19)15-16-7-2-3-8-17(16)22-12-4-5-13-22/h2-3,6-9,14H,4-5,10-13,15H2,1H3. The molecular weight excluding hydrogens is 332 g/mol. The summed E-state index contributed by atoms with van der Waals surface area (Å²) >= 11 is 1.43. The van der Waals surface area contributed by atoms with E-state index in [4.69, 9.17) is 0 Å². The lowest BCUT2D eigenvalue weighted by atomic mass is 10.1. The van der Waals surface area contributed by atoms with Gasteiger partial charge in [-0.15, -0.1) is 11.3 Å². The van der Waals surface area contributed by atoms with Crippen molar-refractivity contribution in [2.75, 3.05) is 25.0 Å². The molecule has 0 saturated carbocycles. The predicted molar refractivity (Wildman–Crippen MR) is 102 cm³/mol. The van der Waals surface area contributed by atoms with E-state index in [-0.39, 0.29) is 24.5 Å². The highest BCUT2D eigenvalue weighted by molar-refractivity contribution is 7.12. The van der Waals surface area contributed by atoms with Gasteiger partial charge >= 0.3 is 0 Å². The monoisotopic (exact) mass is 356 g/mol. The maximum Gasteiger partial charge on any atom is 0.223 e. The number of benzene rings is 1. The SMILES string of the molecule is CN(Cc1ccccc1N1CCCC1)C(=O)CCC(=O)c1cccs1. The maximum atomic E-state index is 12.4. The van der Waals surface area contributed by atoms with Crippen LogP contribution in [0.5, 0.6) is 0 Å². The molecule has 4 nitrogen and oxygen atoms in total. The van der Waals surface area contributed by atoms with Crippen LogP contribution in [0.2, 0.25) is 0 Å². The molecule has 0 atom stereocenters. The fourth-order valence-electron chi connectivity index (χ4n) is 3.23. The van der Waals surface area contributed by atoms with Crippen molar-refractivity contribution >= 4 is 28.7 Å². The summed E-state index contributed by atoms with van der Waals surface area (Å²) in [5.41, 5.74) is 2.40. The molecule has 0 spiro atoms. The van der Waals surface area contributed by atoms with E-state index in [1.807, 2.05) is 30.6 Å². The molecule has 1 aliphatic heterocycles. The van der Waals surface area contributed by atoms with Gasteiger partial charge in [-0.25, -0.2) is 0 Å². The molecule has 1 aromatic carbocycles. The normalized spacial score (nSPS) is 13.9. The zero-order valence-electron chi connectivity index (χ0n) is 14.6. The summed E-state index contributed by atoms with van der Waals surface area (Å²) in [5, 5.41) is 1.89. The zero-order chi connectivity index (χ0) is 17.6. The van der Waals surface area contributed by atoms with E-state index in [9.17, 15) is 9.59 Å². The molecule has 5 heteroatoms. The van der Waals surface area contributed by atoms with Crippen LogP contribution < -0.4 is 4.90 Å². The van der Waals surface area contributed by atoms with Gasteiger partial charge in [0.25, 0.3) is 0 Å². The number of hydrogen-bond acceptors (Lipinski definition) is 4. The molecule has 1 amide bonds. The summed E-state index contributed by atoms with van der Waals surface area (Å²) in [5.74, 6) is 0.0651.